The third kappa shape index (κ3) is 7.05. The number of ether oxygens (including phenoxy) is 1. The minimum atomic E-state index is 0.751. The lowest BCUT2D eigenvalue weighted by Gasteiger charge is -2.46. The molecule has 0 amide bonds. The van der Waals surface area contributed by atoms with Crippen LogP contribution in [-0.4, -0.2) is 86.3 Å². The van der Waals surface area contributed by atoms with Crippen LogP contribution in [0, 0.1) is 5.92 Å². The zero-order valence-corrected chi connectivity index (χ0v) is 19.0. The van der Waals surface area contributed by atoms with Gasteiger partial charge in [0.15, 0.2) is 0 Å². The van der Waals surface area contributed by atoms with Gasteiger partial charge in [-0.05, 0) is 76.1 Å². The lowest BCUT2D eigenvalue weighted by Crippen LogP contribution is -2.56. The highest BCUT2D eigenvalue weighted by Gasteiger charge is 2.32. The van der Waals surface area contributed by atoms with E-state index in [1.807, 2.05) is 0 Å². The summed E-state index contributed by atoms with van der Waals surface area (Å²) in [5, 5.41) is 0. The summed E-state index contributed by atoms with van der Waals surface area (Å²) in [5.41, 5.74) is 1.48. The smallest absolute Gasteiger partial charge is 0.0506 e. The van der Waals surface area contributed by atoms with Gasteiger partial charge in [0.2, 0.25) is 0 Å². The van der Waals surface area contributed by atoms with E-state index in [-0.39, 0.29) is 0 Å². The number of hydrogen-bond donors (Lipinski definition) is 0. The molecule has 0 unspecified atom stereocenters. The quantitative estimate of drug-likeness (QED) is 0.541. The highest BCUT2D eigenvalue weighted by atomic mass is 16.5. The number of piperazine rings is 1. The molecule has 0 aliphatic carbocycles. The van der Waals surface area contributed by atoms with Crippen LogP contribution in [0.2, 0.25) is 0 Å². The van der Waals surface area contributed by atoms with E-state index in [9.17, 15) is 0 Å². The number of benzene rings is 1. The van der Waals surface area contributed by atoms with Gasteiger partial charge in [0.05, 0.1) is 6.61 Å². The van der Waals surface area contributed by atoms with E-state index in [0.717, 1.165) is 25.2 Å². The van der Waals surface area contributed by atoms with Gasteiger partial charge in [-0.3, -0.25) is 4.90 Å². The van der Waals surface area contributed by atoms with Gasteiger partial charge in [0.1, 0.15) is 0 Å². The number of hydrogen-bond acceptors (Lipinski definition) is 4. The van der Waals surface area contributed by atoms with E-state index in [4.69, 9.17) is 4.74 Å². The summed E-state index contributed by atoms with van der Waals surface area (Å²) in [6, 6.07) is 11.7. The fourth-order valence-electron chi connectivity index (χ4n) is 5.64. The maximum absolute atomic E-state index is 6.10. The molecule has 0 aromatic heterocycles. The van der Waals surface area contributed by atoms with Crippen molar-refractivity contribution in [2.75, 3.05) is 65.6 Å². The Labute approximate surface area is 184 Å². The van der Waals surface area contributed by atoms with Gasteiger partial charge in [-0.2, -0.15) is 0 Å². The van der Waals surface area contributed by atoms with Gasteiger partial charge in [-0.15, -0.1) is 0 Å². The maximum Gasteiger partial charge on any atom is 0.0506 e. The number of nitrogens with zero attached hydrogens (tertiary/aromatic N) is 3. The molecule has 0 saturated carbocycles. The van der Waals surface area contributed by atoms with Crippen molar-refractivity contribution in [3.8, 4) is 0 Å². The Hall–Kier alpha value is -0.940. The van der Waals surface area contributed by atoms with Crippen LogP contribution >= 0.6 is 0 Å². The topological polar surface area (TPSA) is 19.0 Å². The molecule has 3 aliphatic rings. The van der Waals surface area contributed by atoms with E-state index in [1.165, 1.54) is 109 Å². The lowest BCUT2D eigenvalue weighted by atomic mass is 9.91. The van der Waals surface area contributed by atoms with Crippen LogP contribution in [0.5, 0.6) is 0 Å². The predicted molar refractivity (Wildman–Crippen MR) is 125 cm³/mol. The summed E-state index contributed by atoms with van der Waals surface area (Å²) in [6.07, 6.45) is 10.6. The van der Waals surface area contributed by atoms with E-state index in [0.29, 0.717) is 0 Å². The molecule has 0 spiro atoms. The molecule has 4 nitrogen and oxygen atoms in total. The first-order valence-corrected chi connectivity index (χ1v) is 12.7. The second-order valence-electron chi connectivity index (χ2n) is 9.81. The fraction of sp³-hybridized carbons (Fsp3) is 0.769. The molecule has 3 aliphatic heterocycles. The molecule has 3 saturated heterocycles. The minimum Gasteiger partial charge on any atom is -0.381 e. The highest BCUT2D eigenvalue weighted by molar-refractivity contribution is 5.14. The van der Waals surface area contributed by atoms with Crippen LogP contribution in [0.15, 0.2) is 30.3 Å². The predicted octanol–water partition coefficient (Wildman–Crippen LogP) is 3.91. The summed E-state index contributed by atoms with van der Waals surface area (Å²) in [7, 11) is 0. The summed E-state index contributed by atoms with van der Waals surface area (Å²) >= 11 is 0. The molecule has 30 heavy (non-hydrogen) atoms. The molecule has 0 bridgehead atoms. The van der Waals surface area contributed by atoms with Crippen molar-refractivity contribution in [1.82, 2.24) is 14.7 Å². The standard InChI is InChI=1S/C26H43N3O/c1-3-9-24(10-4-1)11-7-16-28-18-19-29-21-25(12-13-26(29)22-28)23-30-20-8-17-27-14-5-2-6-15-27/h1,3-4,9-10,25-26H,2,5-8,11-23H2/t25-,26+/m1/s1. The number of rotatable bonds is 10. The third-order valence-corrected chi connectivity index (χ3v) is 7.44. The molecular formula is C26H43N3O. The van der Waals surface area contributed by atoms with Gasteiger partial charge < -0.3 is 14.5 Å². The van der Waals surface area contributed by atoms with Crippen LogP contribution in [0.3, 0.4) is 0 Å². The second kappa shape index (κ2) is 12.2. The van der Waals surface area contributed by atoms with Crippen LogP contribution in [0.1, 0.15) is 50.5 Å². The summed E-state index contributed by atoms with van der Waals surface area (Å²) in [5.74, 6) is 0.751. The van der Waals surface area contributed by atoms with Crippen LogP contribution < -0.4 is 0 Å². The Morgan fingerprint density at radius 2 is 1.63 bits per heavy atom. The van der Waals surface area contributed by atoms with Crippen LogP contribution in [0.25, 0.3) is 0 Å². The Bertz CT molecular complexity index is 589. The van der Waals surface area contributed by atoms with Gasteiger partial charge in [0.25, 0.3) is 0 Å². The first-order chi connectivity index (χ1) is 14.9. The Morgan fingerprint density at radius 1 is 0.800 bits per heavy atom. The monoisotopic (exact) mass is 413 g/mol. The third-order valence-electron chi connectivity index (χ3n) is 7.44. The van der Waals surface area contributed by atoms with Crippen molar-refractivity contribution >= 4 is 0 Å². The van der Waals surface area contributed by atoms with Gasteiger partial charge in [-0.1, -0.05) is 36.8 Å². The molecule has 1 aromatic carbocycles. The SMILES string of the molecule is c1ccc(CCCN2CCN3C[C@H](COCCCN4CCCCC4)CC[C@H]3C2)cc1. The Morgan fingerprint density at radius 3 is 2.50 bits per heavy atom. The number of likely N-dealkylation sites (tertiary alicyclic amines) is 1. The van der Waals surface area contributed by atoms with Crippen molar-refractivity contribution in [3.05, 3.63) is 35.9 Å². The molecular weight excluding hydrogens is 370 g/mol. The van der Waals surface area contributed by atoms with E-state index in [1.54, 1.807) is 0 Å². The second-order valence-corrected chi connectivity index (χ2v) is 9.81. The highest BCUT2D eigenvalue weighted by Crippen LogP contribution is 2.25. The summed E-state index contributed by atoms with van der Waals surface area (Å²) in [6.45, 7) is 12.1. The zero-order chi connectivity index (χ0) is 20.4. The summed E-state index contributed by atoms with van der Waals surface area (Å²) < 4.78 is 6.10. The normalized spacial score (nSPS) is 26.5. The molecule has 0 radical (unpaired) electrons. The minimum absolute atomic E-state index is 0.751. The van der Waals surface area contributed by atoms with Crippen molar-refractivity contribution in [2.24, 2.45) is 5.92 Å². The largest absolute Gasteiger partial charge is 0.381 e. The van der Waals surface area contributed by atoms with Gasteiger partial charge >= 0.3 is 0 Å². The molecule has 0 N–H and O–H groups in total. The molecule has 3 fully saturated rings. The Kier molecular flexibility index (Phi) is 9.04. The van der Waals surface area contributed by atoms with Crippen molar-refractivity contribution in [3.63, 3.8) is 0 Å². The zero-order valence-electron chi connectivity index (χ0n) is 19.0. The molecule has 168 valence electrons. The molecule has 3 heterocycles. The van der Waals surface area contributed by atoms with Gasteiger partial charge in [0, 0.05) is 45.4 Å². The van der Waals surface area contributed by atoms with Crippen LogP contribution in [-0.2, 0) is 11.2 Å². The Balaban J connectivity index is 1.06. The van der Waals surface area contributed by atoms with Gasteiger partial charge in [-0.25, -0.2) is 0 Å². The first kappa shape index (κ1) is 22.3. The molecule has 4 rings (SSSR count). The average Bonchev–Trinajstić information content (AvgIpc) is 2.80. The average molecular weight is 414 g/mol. The van der Waals surface area contributed by atoms with E-state index < -0.39 is 0 Å². The number of piperidine rings is 2. The maximum atomic E-state index is 6.10. The molecule has 1 aromatic rings. The molecule has 4 heteroatoms. The van der Waals surface area contributed by atoms with E-state index >= 15 is 0 Å². The van der Waals surface area contributed by atoms with E-state index in [2.05, 4.69) is 45.0 Å². The van der Waals surface area contributed by atoms with Crippen LogP contribution in [0.4, 0.5) is 0 Å². The fourth-order valence-corrected chi connectivity index (χ4v) is 5.64. The van der Waals surface area contributed by atoms with Crippen molar-refractivity contribution in [2.45, 2.75) is 57.4 Å². The van der Waals surface area contributed by atoms with Crippen molar-refractivity contribution in [1.29, 1.82) is 0 Å². The van der Waals surface area contributed by atoms with Crippen molar-refractivity contribution < 1.29 is 4.74 Å². The molecule has 2 atom stereocenters. The summed E-state index contributed by atoms with van der Waals surface area (Å²) in [4.78, 5) is 8.10. The first-order valence-electron chi connectivity index (χ1n) is 12.7. The lowest BCUT2D eigenvalue weighted by molar-refractivity contribution is -0.00140. The number of aryl methyl sites for hydroxylation is 1. The number of fused-ring (bicyclic) bond motifs is 1.